The maximum atomic E-state index is 12.1. The highest BCUT2D eigenvalue weighted by Gasteiger charge is 2.20. The zero-order valence-electron chi connectivity index (χ0n) is 15.3. The molecule has 5 nitrogen and oxygen atoms in total. The Morgan fingerprint density at radius 3 is 2.62 bits per heavy atom. The molecule has 1 aromatic carbocycles. The summed E-state index contributed by atoms with van der Waals surface area (Å²) >= 11 is 0. The summed E-state index contributed by atoms with van der Waals surface area (Å²) in [7, 11) is 4.04. The number of likely N-dealkylation sites (tertiary alicyclic amines) is 1. The van der Waals surface area contributed by atoms with Gasteiger partial charge >= 0.3 is 6.03 Å². The molecule has 0 aromatic heterocycles. The van der Waals surface area contributed by atoms with E-state index >= 15 is 0 Å². The van der Waals surface area contributed by atoms with E-state index in [0.717, 1.165) is 31.8 Å². The van der Waals surface area contributed by atoms with Crippen molar-refractivity contribution in [2.45, 2.75) is 26.2 Å². The van der Waals surface area contributed by atoms with Crippen LogP contribution >= 0.6 is 0 Å². The minimum atomic E-state index is 0.0178. The third kappa shape index (κ3) is 6.40. The van der Waals surface area contributed by atoms with Gasteiger partial charge in [-0.25, -0.2) is 4.79 Å². The van der Waals surface area contributed by atoms with Crippen LogP contribution in [0.5, 0.6) is 5.75 Å². The lowest BCUT2D eigenvalue weighted by Crippen LogP contribution is -2.42. The minimum absolute atomic E-state index is 0.0178. The van der Waals surface area contributed by atoms with Crippen LogP contribution in [0.15, 0.2) is 24.3 Å². The van der Waals surface area contributed by atoms with Crippen molar-refractivity contribution in [2.24, 2.45) is 5.92 Å². The number of carbonyl (C=O) groups excluding carboxylic acids is 1. The molecule has 0 aliphatic carbocycles. The fraction of sp³-hybridized carbons (Fsp3) is 0.632. The van der Waals surface area contributed by atoms with Crippen molar-refractivity contribution in [1.82, 2.24) is 15.1 Å². The van der Waals surface area contributed by atoms with Gasteiger partial charge in [-0.2, -0.15) is 0 Å². The Morgan fingerprint density at radius 2 is 1.96 bits per heavy atom. The normalized spacial score (nSPS) is 16.0. The van der Waals surface area contributed by atoms with E-state index in [1.54, 1.807) is 0 Å². The molecule has 0 atom stereocenters. The molecule has 0 unspecified atom stereocenters. The third-order valence-electron chi connectivity index (χ3n) is 4.60. The highest BCUT2D eigenvalue weighted by Crippen LogP contribution is 2.16. The van der Waals surface area contributed by atoms with Crippen LogP contribution in [0, 0.1) is 12.8 Å². The van der Waals surface area contributed by atoms with E-state index in [1.807, 2.05) is 36.2 Å². The number of urea groups is 1. The number of piperidine rings is 1. The molecule has 0 radical (unpaired) electrons. The van der Waals surface area contributed by atoms with Gasteiger partial charge in [-0.3, -0.25) is 0 Å². The molecule has 5 heteroatoms. The van der Waals surface area contributed by atoms with Crippen LogP contribution in [0.25, 0.3) is 0 Å². The topological polar surface area (TPSA) is 44.8 Å². The number of nitrogens with zero attached hydrogens (tertiary/aromatic N) is 2. The molecule has 0 saturated carbocycles. The van der Waals surface area contributed by atoms with E-state index in [1.165, 1.54) is 18.4 Å². The maximum absolute atomic E-state index is 12.1. The summed E-state index contributed by atoms with van der Waals surface area (Å²) in [5.74, 6) is 1.51. The van der Waals surface area contributed by atoms with Gasteiger partial charge in [-0.1, -0.05) is 17.7 Å². The van der Waals surface area contributed by atoms with Crippen LogP contribution in [0.4, 0.5) is 4.79 Å². The minimum Gasteiger partial charge on any atom is -0.494 e. The van der Waals surface area contributed by atoms with Gasteiger partial charge in [-0.15, -0.1) is 0 Å². The first kappa shape index (κ1) is 18.6. The van der Waals surface area contributed by atoms with Gasteiger partial charge in [0.25, 0.3) is 0 Å². The smallest absolute Gasteiger partial charge is 0.317 e. The van der Waals surface area contributed by atoms with Gasteiger partial charge in [0.15, 0.2) is 0 Å². The first-order valence-corrected chi connectivity index (χ1v) is 8.91. The second-order valence-corrected chi connectivity index (χ2v) is 6.87. The number of benzene rings is 1. The summed E-state index contributed by atoms with van der Waals surface area (Å²) in [4.78, 5) is 16.3. The van der Waals surface area contributed by atoms with Crippen LogP contribution in [-0.2, 0) is 0 Å². The molecule has 1 saturated heterocycles. The van der Waals surface area contributed by atoms with E-state index in [2.05, 4.69) is 24.2 Å². The Hall–Kier alpha value is -1.75. The molecule has 1 heterocycles. The summed E-state index contributed by atoms with van der Waals surface area (Å²) in [6, 6.07) is 8.04. The van der Waals surface area contributed by atoms with E-state index < -0.39 is 0 Å². The number of aryl methyl sites for hydroxylation is 1. The number of amides is 2. The molecule has 2 rings (SSSR count). The molecule has 2 amide bonds. The first-order chi connectivity index (χ1) is 11.5. The Balaban J connectivity index is 1.56. The molecule has 134 valence electrons. The molecule has 1 aliphatic rings. The van der Waals surface area contributed by atoms with E-state index in [-0.39, 0.29) is 6.03 Å². The lowest BCUT2D eigenvalue weighted by molar-refractivity contribution is 0.170. The number of rotatable bonds is 7. The zero-order valence-corrected chi connectivity index (χ0v) is 15.3. The van der Waals surface area contributed by atoms with Gasteiger partial charge in [-0.05, 0) is 64.4 Å². The van der Waals surface area contributed by atoms with Crippen molar-refractivity contribution in [3.05, 3.63) is 29.8 Å². The second-order valence-electron chi connectivity index (χ2n) is 6.87. The molecule has 24 heavy (non-hydrogen) atoms. The fourth-order valence-electron chi connectivity index (χ4n) is 2.94. The standard InChI is InChI=1S/C19H31N3O2/c1-16-5-7-18(8-6-16)24-14-4-11-20-19(23)22(3)15-17-9-12-21(2)13-10-17/h5-8,17H,4,9-15H2,1-3H3,(H,20,23). The maximum Gasteiger partial charge on any atom is 0.317 e. The van der Waals surface area contributed by atoms with Gasteiger partial charge in [0.2, 0.25) is 0 Å². The van der Waals surface area contributed by atoms with Gasteiger partial charge in [0, 0.05) is 20.1 Å². The Labute approximate surface area is 146 Å². The average molecular weight is 333 g/mol. The molecule has 1 N–H and O–H groups in total. The van der Waals surface area contributed by atoms with Crippen molar-refractivity contribution in [1.29, 1.82) is 0 Å². The Bertz CT molecular complexity index is 496. The van der Waals surface area contributed by atoms with Crippen LogP contribution in [0.2, 0.25) is 0 Å². The van der Waals surface area contributed by atoms with Crippen LogP contribution in [0.3, 0.4) is 0 Å². The lowest BCUT2D eigenvalue weighted by atomic mass is 9.97. The summed E-state index contributed by atoms with van der Waals surface area (Å²) < 4.78 is 5.67. The molecule has 0 spiro atoms. The molecule has 1 aromatic rings. The third-order valence-corrected chi connectivity index (χ3v) is 4.60. The number of nitrogens with one attached hydrogen (secondary N) is 1. The van der Waals surface area contributed by atoms with Gasteiger partial charge in [0.05, 0.1) is 6.61 Å². The van der Waals surface area contributed by atoms with Crippen LogP contribution in [-0.4, -0.2) is 62.7 Å². The largest absolute Gasteiger partial charge is 0.494 e. The zero-order chi connectivity index (χ0) is 17.4. The summed E-state index contributed by atoms with van der Waals surface area (Å²) in [6.07, 6.45) is 3.17. The molecular formula is C19H31N3O2. The number of ether oxygens (including phenoxy) is 1. The van der Waals surface area contributed by atoms with Crippen LogP contribution in [0.1, 0.15) is 24.8 Å². The monoisotopic (exact) mass is 333 g/mol. The molecule has 0 bridgehead atoms. The average Bonchev–Trinajstić information content (AvgIpc) is 2.58. The highest BCUT2D eigenvalue weighted by atomic mass is 16.5. The SMILES string of the molecule is Cc1ccc(OCCCNC(=O)N(C)CC2CCN(C)CC2)cc1. The quantitative estimate of drug-likeness (QED) is 0.781. The molecular weight excluding hydrogens is 302 g/mol. The van der Waals surface area contributed by atoms with Crippen molar-refractivity contribution < 1.29 is 9.53 Å². The summed E-state index contributed by atoms with van der Waals surface area (Å²) in [6.45, 7) is 6.43. The summed E-state index contributed by atoms with van der Waals surface area (Å²) in [5.41, 5.74) is 1.22. The van der Waals surface area contributed by atoms with Crippen molar-refractivity contribution in [3.63, 3.8) is 0 Å². The Morgan fingerprint density at radius 1 is 1.29 bits per heavy atom. The van der Waals surface area contributed by atoms with Gasteiger partial charge in [0.1, 0.15) is 5.75 Å². The highest BCUT2D eigenvalue weighted by molar-refractivity contribution is 5.73. The van der Waals surface area contributed by atoms with Crippen molar-refractivity contribution in [2.75, 3.05) is 46.9 Å². The fourth-order valence-corrected chi connectivity index (χ4v) is 2.94. The van der Waals surface area contributed by atoms with E-state index in [4.69, 9.17) is 4.74 Å². The first-order valence-electron chi connectivity index (χ1n) is 8.91. The van der Waals surface area contributed by atoms with Crippen LogP contribution < -0.4 is 10.1 Å². The molecule has 1 aliphatic heterocycles. The van der Waals surface area contributed by atoms with Crippen molar-refractivity contribution >= 4 is 6.03 Å². The van der Waals surface area contributed by atoms with Gasteiger partial charge < -0.3 is 19.9 Å². The lowest BCUT2D eigenvalue weighted by Gasteiger charge is -2.31. The number of hydrogen-bond donors (Lipinski definition) is 1. The summed E-state index contributed by atoms with van der Waals surface area (Å²) in [5, 5.41) is 2.97. The van der Waals surface area contributed by atoms with Crippen molar-refractivity contribution in [3.8, 4) is 5.75 Å². The number of carbonyl (C=O) groups is 1. The molecule has 1 fully saturated rings. The second kappa shape index (κ2) is 9.52. The van der Waals surface area contributed by atoms with E-state index in [0.29, 0.717) is 19.1 Å². The van der Waals surface area contributed by atoms with E-state index in [9.17, 15) is 4.79 Å². The Kier molecular flexibility index (Phi) is 7.37. The number of hydrogen-bond acceptors (Lipinski definition) is 3. The predicted molar refractivity (Wildman–Crippen MR) is 97.5 cm³/mol. The predicted octanol–water partition coefficient (Wildman–Crippen LogP) is 2.75.